The molecule has 0 radical (unpaired) electrons. The number of carbonyl (C=O) groups excluding carboxylic acids is 1. The highest BCUT2D eigenvalue weighted by Crippen LogP contribution is 2.32. The van der Waals surface area contributed by atoms with Gasteiger partial charge in [0.15, 0.2) is 5.65 Å². The Labute approximate surface area is 234 Å². The number of anilines is 1. The number of pyridine rings is 1. The smallest absolute Gasteiger partial charge is 0.330 e. The van der Waals surface area contributed by atoms with Gasteiger partial charge in [-0.15, -0.1) is 0 Å². The van der Waals surface area contributed by atoms with E-state index in [1.807, 2.05) is 24.3 Å². The molecule has 1 amide bonds. The van der Waals surface area contributed by atoms with E-state index in [-0.39, 0.29) is 23.7 Å². The molecule has 1 saturated carbocycles. The Hall–Kier alpha value is -4.86. The van der Waals surface area contributed by atoms with Gasteiger partial charge in [0, 0.05) is 37.1 Å². The molecule has 2 N–H and O–H groups in total. The summed E-state index contributed by atoms with van der Waals surface area (Å²) in [5.74, 6) is -0.146. The maximum atomic E-state index is 14.8. The zero-order valence-corrected chi connectivity index (χ0v) is 22.7. The zero-order chi connectivity index (χ0) is 28.7. The standard InChI is InChI=1S/C31H29FN6O3/c1-18-23(7-5-15-33-18)30(40)37(2)22-13-11-20(12-14-22)24(16-21-6-3-4-8-25(21)32)27-34-26-28(35-27)38(17-19-9-10-19)31(41)36-29(26)39/h3-8,11-15,19,24H,9-10,16-17H2,1-2H3,(H,34,35)(H,36,39,41). The summed E-state index contributed by atoms with van der Waals surface area (Å²) in [4.78, 5) is 54.5. The van der Waals surface area contributed by atoms with Crippen molar-refractivity contribution in [2.24, 2.45) is 5.92 Å². The van der Waals surface area contributed by atoms with Gasteiger partial charge >= 0.3 is 5.69 Å². The third kappa shape index (κ3) is 5.20. The number of carbonyl (C=O) groups is 1. The van der Waals surface area contributed by atoms with Crippen molar-refractivity contribution in [2.75, 3.05) is 11.9 Å². The number of nitrogens with zero attached hydrogens (tertiary/aromatic N) is 4. The second-order valence-electron chi connectivity index (χ2n) is 10.6. The van der Waals surface area contributed by atoms with Gasteiger partial charge in [0.25, 0.3) is 11.5 Å². The number of hydrogen-bond acceptors (Lipinski definition) is 5. The molecule has 1 aliphatic rings. The van der Waals surface area contributed by atoms with Crippen LogP contribution in [0, 0.1) is 18.7 Å². The van der Waals surface area contributed by atoms with Crippen molar-refractivity contribution in [2.45, 2.75) is 38.6 Å². The largest absolute Gasteiger partial charge is 0.336 e. The molecular weight excluding hydrogens is 523 g/mol. The van der Waals surface area contributed by atoms with Gasteiger partial charge in [0.05, 0.1) is 5.56 Å². The summed E-state index contributed by atoms with van der Waals surface area (Å²) < 4.78 is 16.3. The number of rotatable bonds is 8. The molecule has 0 bridgehead atoms. The number of aromatic nitrogens is 5. The number of aromatic amines is 2. The normalized spacial score (nSPS) is 13.8. The Morgan fingerprint density at radius 2 is 1.83 bits per heavy atom. The van der Waals surface area contributed by atoms with E-state index in [2.05, 4.69) is 15.0 Å². The van der Waals surface area contributed by atoms with E-state index in [9.17, 15) is 18.8 Å². The molecule has 0 saturated heterocycles. The van der Waals surface area contributed by atoms with Crippen LogP contribution >= 0.6 is 0 Å². The summed E-state index contributed by atoms with van der Waals surface area (Å²) in [5, 5.41) is 0. The van der Waals surface area contributed by atoms with E-state index in [4.69, 9.17) is 4.98 Å². The van der Waals surface area contributed by atoms with Crippen molar-refractivity contribution in [1.82, 2.24) is 24.5 Å². The summed E-state index contributed by atoms with van der Waals surface area (Å²) in [5.41, 5.74) is 2.62. The molecule has 1 fully saturated rings. The van der Waals surface area contributed by atoms with Crippen molar-refractivity contribution in [3.05, 3.63) is 122 Å². The maximum absolute atomic E-state index is 14.8. The molecular formula is C31H29FN6O3. The molecule has 9 nitrogen and oxygen atoms in total. The Morgan fingerprint density at radius 1 is 1.07 bits per heavy atom. The molecule has 3 aromatic heterocycles. The van der Waals surface area contributed by atoms with Crippen molar-refractivity contribution < 1.29 is 9.18 Å². The van der Waals surface area contributed by atoms with Gasteiger partial charge in [0.1, 0.15) is 17.2 Å². The van der Waals surface area contributed by atoms with Crippen LogP contribution in [0.1, 0.15) is 51.8 Å². The summed E-state index contributed by atoms with van der Waals surface area (Å²) in [6, 6.07) is 17.4. The lowest BCUT2D eigenvalue weighted by atomic mass is 9.91. The third-order valence-corrected chi connectivity index (χ3v) is 7.73. The van der Waals surface area contributed by atoms with Crippen LogP contribution in [0.5, 0.6) is 0 Å². The van der Waals surface area contributed by atoms with Crippen LogP contribution in [0.4, 0.5) is 10.1 Å². The van der Waals surface area contributed by atoms with Crippen LogP contribution in [0.2, 0.25) is 0 Å². The summed E-state index contributed by atoms with van der Waals surface area (Å²) in [6.45, 7) is 2.28. The van der Waals surface area contributed by atoms with Crippen LogP contribution in [0.15, 0.2) is 76.4 Å². The minimum atomic E-state index is -0.540. The highest BCUT2D eigenvalue weighted by molar-refractivity contribution is 6.06. The number of nitrogens with one attached hydrogen (secondary N) is 2. The monoisotopic (exact) mass is 552 g/mol. The average Bonchev–Trinajstić information content (AvgIpc) is 3.69. The molecule has 208 valence electrons. The quantitative estimate of drug-likeness (QED) is 0.298. The fourth-order valence-corrected chi connectivity index (χ4v) is 5.15. The van der Waals surface area contributed by atoms with Gasteiger partial charge in [0.2, 0.25) is 0 Å². The second kappa shape index (κ2) is 10.6. The lowest BCUT2D eigenvalue weighted by molar-refractivity contribution is 0.0992. The predicted octanol–water partition coefficient (Wildman–Crippen LogP) is 4.32. The Bertz CT molecular complexity index is 1870. The molecule has 2 aromatic carbocycles. The summed E-state index contributed by atoms with van der Waals surface area (Å²) >= 11 is 0. The molecule has 3 heterocycles. The zero-order valence-electron chi connectivity index (χ0n) is 22.7. The minimum absolute atomic E-state index is 0.184. The van der Waals surface area contributed by atoms with Gasteiger partial charge in [-0.3, -0.25) is 24.1 Å². The van der Waals surface area contributed by atoms with Gasteiger partial charge in [-0.05, 0) is 73.6 Å². The van der Waals surface area contributed by atoms with Gasteiger partial charge in [-0.1, -0.05) is 30.3 Å². The molecule has 0 spiro atoms. The summed E-state index contributed by atoms with van der Waals surface area (Å²) in [7, 11) is 1.70. The fraction of sp³-hybridized carbons (Fsp3) is 0.258. The van der Waals surface area contributed by atoms with Gasteiger partial charge < -0.3 is 9.88 Å². The lowest BCUT2D eigenvalue weighted by Gasteiger charge is -2.20. The minimum Gasteiger partial charge on any atom is -0.336 e. The number of aryl methyl sites for hydroxylation is 1. The number of benzene rings is 2. The van der Waals surface area contributed by atoms with Crippen LogP contribution in [-0.2, 0) is 13.0 Å². The molecule has 10 heteroatoms. The molecule has 6 rings (SSSR count). The van der Waals surface area contributed by atoms with Gasteiger partial charge in [-0.25, -0.2) is 14.2 Å². The number of H-pyrrole nitrogens is 2. The van der Waals surface area contributed by atoms with E-state index in [0.717, 1.165) is 18.4 Å². The van der Waals surface area contributed by atoms with Crippen molar-refractivity contribution in [1.29, 1.82) is 0 Å². The van der Waals surface area contributed by atoms with Crippen LogP contribution < -0.4 is 16.1 Å². The predicted molar refractivity (Wildman–Crippen MR) is 154 cm³/mol. The van der Waals surface area contributed by atoms with E-state index >= 15 is 0 Å². The van der Waals surface area contributed by atoms with E-state index in [1.54, 1.807) is 55.4 Å². The van der Waals surface area contributed by atoms with Crippen molar-refractivity contribution in [3.8, 4) is 0 Å². The van der Waals surface area contributed by atoms with Crippen LogP contribution in [-0.4, -0.2) is 37.5 Å². The number of imidazole rings is 1. The SMILES string of the molecule is Cc1ncccc1C(=O)N(C)c1ccc(C(Cc2ccccc2F)c2nc3c([nH]2)c(=O)[nH]c(=O)n3CC2CC2)cc1. The fourth-order valence-electron chi connectivity index (χ4n) is 5.15. The Morgan fingerprint density at radius 3 is 2.54 bits per heavy atom. The molecule has 1 unspecified atom stereocenters. The number of fused-ring (bicyclic) bond motifs is 1. The number of hydrogen-bond donors (Lipinski definition) is 2. The summed E-state index contributed by atoms with van der Waals surface area (Å²) in [6.07, 6.45) is 3.97. The lowest BCUT2D eigenvalue weighted by Crippen LogP contribution is -2.30. The third-order valence-electron chi connectivity index (χ3n) is 7.73. The molecule has 1 aliphatic carbocycles. The van der Waals surface area contributed by atoms with E-state index in [0.29, 0.717) is 46.4 Å². The van der Waals surface area contributed by atoms with Crippen LogP contribution in [0.3, 0.4) is 0 Å². The second-order valence-corrected chi connectivity index (χ2v) is 10.6. The number of amides is 1. The maximum Gasteiger partial charge on any atom is 0.330 e. The highest BCUT2D eigenvalue weighted by Gasteiger charge is 2.27. The number of halogens is 1. The first-order valence-electron chi connectivity index (χ1n) is 13.6. The van der Waals surface area contributed by atoms with E-state index < -0.39 is 17.2 Å². The first kappa shape index (κ1) is 26.4. The first-order chi connectivity index (χ1) is 19.8. The Balaban J connectivity index is 1.39. The molecule has 0 aliphatic heterocycles. The topological polar surface area (TPSA) is 117 Å². The van der Waals surface area contributed by atoms with Crippen molar-refractivity contribution >= 4 is 22.8 Å². The highest BCUT2D eigenvalue weighted by atomic mass is 19.1. The molecule has 1 atom stereocenters. The van der Waals surface area contributed by atoms with Crippen LogP contribution in [0.25, 0.3) is 11.2 Å². The van der Waals surface area contributed by atoms with Crippen molar-refractivity contribution in [3.63, 3.8) is 0 Å². The average molecular weight is 553 g/mol. The molecule has 5 aromatic rings. The van der Waals surface area contributed by atoms with E-state index in [1.165, 1.54) is 10.6 Å². The first-order valence-corrected chi connectivity index (χ1v) is 13.6. The molecule has 41 heavy (non-hydrogen) atoms. The van der Waals surface area contributed by atoms with Gasteiger partial charge in [-0.2, -0.15) is 0 Å². The Kier molecular flexibility index (Phi) is 6.82.